The molecule has 1 saturated heterocycles. The first-order valence-electron chi connectivity index (χ1n) is 8.46. The van der Waals surface area contributed by atoms with Crippen LogP contribution in [0.25, 0.3) is 0 Å². The van der Waals surface area contributed by atoms with Gasteiger partial charge in [-0.2, -0.15) is 0 Å². The Balaban J connectivity index is 2.17. The number of aromatic nitrogens is 2. The van der Waals surface area contributed by atoms with Gasteiger partial charge in [0.25, 0.3) is 0 Å². The third kappa shape index (κ3) is 4.12. The second kappa shape index (κ2) is 7.93. The van der Waals surface area contributed by atoms with E-state index in [-0.39, 0.29) is 11.4 Å². The Morgan fingerprint density at radius 3 is 2.91 bits per heavy atom. The van der Waals surface area contributed by atoms with E-state index < -0.39 is 0 Å². The summed E-state index contributed by atoms with van der Waals surface area (Å²) in [7, 11) is 5.35. The summed E-state index contributed by atoms with van der Waals surface area (Å²) < 4.78 is 7.71. The average Bonchev–Trinajstić information content (AvgIpc) is 3.09. The Morgan fingerprint density at radius 2 is 2.26 bits per heavy atom. The van der Waals surface area contributed by atoms with Crippen molar-refractivity contribution in [2.24, 2.45) is 0 Å². The smallest absolute Gasteiger partial charge is 0.224 e. The van der Waals surface area contributed by atoms with Gasteiger partial charge < -0.3 is 14.2 Å². The number of rotatable bonds is 8. The Morgan fingerprint density at radius 1 is 1.48 bits per heavy atom. The molecule has 1 aromatic heterocycles. The van der Waals surface area contributed by atoms with Crippen molar-refractivity contribution in [1.82, 2.24) is 19.4 Å². The highest BCUT2D eigenvalue weighted by atomic mass is 16.5. The zero-order valence-corrected chi connectivity index (χ0v) is 14.9. The molecule has 0 spiro atoms. The number of amides is 1. The van der Waals surface area contributed by atoms with Gasteiger partial charge in [-0.15, -0.1) is 0 Å². The highest BCUT2D eigenvalue weighted by Gasteiger charge is 2.43. The number of aryl methyl sites for hydroxylation is 1. The van der Waals surface area contributed by atoms with Gasteiger partial charge in [-0.25, -0.2) is 4.98 Å². The van der Waals surface area contributed by atoms with E-state index >= 15 is 0 Å². The number of nitrogens with zero attached hydrogens (tertiary/aromatic N) is 4. The lowest BCUT2D eigenvalue weighted by Gasteiger charge is -2.38. The number of hydrogen-bond donors (Lipinski definition) is 0. The number of carbonyl (C=O) groups excluding carboxylic acids is 1. The van der Waals surface area contributed by atoms with Gasteiger partial charge in [-0.3, -0.25) is 9.69 Å². The van der Waals surface area contributed by atoms with Crippen molar-refractivity contribution in [3.63, 3.8) is 0 Å². The lowest BCUT2D eigenvalue weighted by molar-refractivity contribution is -0.132. The van der Waals surface area contributed by atoms with Crippen LogP contribution in [0.1, 0.15) is 38.4 Å². The number of methoxy groups -OCH3 is 1. The molecule has 1 atom stereocenters. The number of hydrogen-bond acceptors (Lipinski definition) is 4. The van der Waals surface area contributed by atoms with Crippen LogP contribution in [0.2, 0.25) is 0 Å². The fraction of sp³-hybridized carbons (Fsp3) is 0.765. The summed E-state index contributed by atoms with van der Waals surface area (Å²) in [6, 6.07) is 0. The topological polar surface area (TPSA) is 50.6 Å². The first kappa shape index (κ1) is 17.9. The van der Waals surface area contributed by atoms with Crippen LogP contribution in [-0.4, -0.2) is 65.2 Å². The molecular formula is C17H30N4O2. The van der Waals surface area contributed by atoms with Crippen molar-refractivity contribution >= 4 is 5.91 Å². The second-order valence-corrected chi connectivity index (χ2v) is 6.68. The summed E-state index contributed by atoms with van der Waals surface area (Å²) in [5.74, 6) is 1.23. The molecule has 0 radical (unpaired) electrons. The molecule has 6 heteroatoms. The Hall–Kier alpha value is -1.40. The van der Waals surface area contributed by atoms with Crippen molar-refractivity contribution in [3.05, 3.63) is 18.2 Å². The lowest BCUT2D eigenvalue weighted by Crippen LogP contribution is -2.50. The van der Waals surface area contributed by atoms with Crippen molar-refractivity contribution < 1.29 is 9.53 Å². The van der Waals surface area contributed by atoms with E-state index in [0.29, 0.717) is 13.0 Å². The minimum Gasteiger partial charge on any atom is -0.383 e. The summed E-state index contributed by atoms with van der Waals surface area (Å²) >= 11 is 0. The molecule has 1 unspecified atom stereocenters. The molecule has 6 nitrogen and oxygen atoms in total. The van der Waals surface area contributed by atoms with Crippen molar-refractivity contribution in [2.45, 2.75) is 51.2 Å². The van der Waals surface area contributed by atoms with Crippen LogP contribution < -0.4 is 0 Å². The average molecular weight is 322 g/mol. The lowest BCUT2D eigenvalue weighted by atomic mass is 9.92. The molecule has 1 fully saturated rings. The van der Waals surface area contributed by atoms with Crippen LogP contribution >= 0.6 is 0 Å². The molecule has 0 N–H and O–H groups in total. The summed E-state index contributed by atoms with van der Waals surface area (Å²) in [5, 5.41) is 0. The van der Waals surface area contributed by atoms with Gasteiger partial charge in [0, 0.05) is 46.6 Å². The minimum absolute atomic E-state index is 0.158. The fourth-order valence-electron chi connectivity index (χ4n) is 3.47. The zero-order chi connectivity index (χ0) is 16.9. The molecule has 0 saturated carbocycles. The fourth-order valence-corrected chi connectivity index (χ4v) is 3.47. The van der Waals surface area contributed by atoms with Crippen LogP contribution in [-0.2, 0) is 22.6 Å². The van der Waals surface area contributed by atoms with E-state index in [9.17, 15) is 4.79 Å². The number of imidazole rings is 1. The SMILES string of the molecule is CCCn1ccnc1CN1CCCC1(COC)CC(=O)N(C)C. The molecule has 130 valence electrons. The van der Waals surface area contributed by atoms with Gasteiger partial charge in [-0.1, -0.05) is 6.92 Å². The molecule has 0 aromatic carbocycles. The number of carbonyl (C=O) groups is 1. The van der Waals surface area contributed by atoms with Crippen LogP contribution in [0.3, 0.4) is 0 Å². The van der Waals surface area contributed by atoms with E-state index in [1.54, 1.807) is 12.0 Å². The standard InChI is InChI=1S/C17H30N4O2/c1-5-9-20-11-8-18-15(20)13-21-10-6-7-17(21,14-23-4)12-16(22)19(2)3/h8,11H,5-7,9-10,12-14H2,1-4H3. The Kier molecular flexibility index (Phi) is 6.18. The molecule has 0 aliphatic carbocycles. The Bertz CT molecular complexity index is 514. The second-order valence-electron chi connectivity index (χ2n) is 6.68. The van der Waals surface area contributed by atoms with Crippen molar-refractivity contribution in [2.75, 3.05) is 34.4 Å². The molecule has 2 rings (SSSR count). The summed E-state index contributed by atoms with van der Waals surface area (Å²) in [6.07, 6.45) is 7.59. The largest absolute Gasteiger partial charge is 0.383 e. The predicted octanol–water partition coefficient (Wildman–Crippen LogP) is 1.75. The molecule has 1 aromatic rings. The molecule has 23 heavy (non-hydrogen) atoms. The third-order valence-corrected chi connectivity index (χ3v) is 4.73. The summed E-state index contributed by atoms with van der Waals surface area (Å²) in [6.45, 7) is 5.50. The molecule has 2 heterocycles. The summed E-state index contributed by atoms with van der Waals surface area (Å²) in [5.41, 5.74) is -0.209. The van der Waals surface area contributed by atoms with Crippen LogP contribution in [0, 0.1) is 0 Å². The highest BCUT2D eigenvalue weighted by molar-refractivity contribution is 5.77. The molecule has 0 bridgehead atoms. The predicted molar refractivity (Wildman–Crippen MR) is 90.1 cm³/mol. The van der Waals surface area contributed by atoms with Gasteiger partial charge in [0.05, 0.1) is 18.7 Å². The monoisotopic (exact) mass is 322 g/mol. The van der Waals surface area contributed by atoms with Crippen LogP contribution in [0.5, 0.6) is 0 Å². The minimum atomic E-state index is -0.209. The number of likely N-dealkylation sites (tertiary alicyclic amines) is 1. The van der Waals surface area contributed by atoms with Crippen molar-refractivity contribution in [3.8, 4) is 0 Å². The van der Waals surface area contributed by atoms with Gasteiger partial charge in [0.2, 0.25) is 5.91 Å². The van der Waals surface area contributed by atoms with E-state index in [2.05, 4.69) is 21.4 Å². The third-order valence-electron chi connectivity index (χ3n) is 4.73. The maximum absolute atomic E-state index is 12.3. The van der Waals surface area contributed by atoms with Crippen LogP contribution in [0.4, 0.5) is 0 Å². The van der Waals surface area contributed by atoms with E-state index in [1.165, 1.54) is 0 Å². The zero-order valence-electron chi connectivity index (χ0n) is 14.9. The molecule has 1 aliphatic heterocycles. The molecular weight excluding hydrogens is 292 g/mol. The summed E-state index contributed by atoms with van der Waals surface area (Å²) in [4.78, 5) is 20.9. The van der Waals surface area contributed by atoms with Crippen molar-refractivity contribution in [1.29, 1.82) is 0 Å². The molecule has 1 aliphatic rings. The van der Waals surface area contributed by atoms with E-state index in [4.69, 9.17) is 4.74 Å². The first-order chi connectivity index (χ1) is 11.0. The maximum atomic E-state index is 12.3. The highest BCUT2D eigenvalue weighted by Crippen LogP contribution is 2.34. The van der Waals surface area contributed by atoms with Crippen LogP contribution in [0.15, 0.2) is 12.4 Å². The quantitative estimate of drug-likeness (QED) is 0.732. The van der Waals surface area contributed by atoms with Gasteiger partial charge in [0.15, 0.2) is 0 Å². The Labute approximate surface area is 139 Å². The molecule has 1 amide bonds. The van der Waals surface area contributed by atoms with E-state index in [1.807, 2.05) is 26.5 Å². The maximum Gasteiger partial charge on any atom is 0.224 e. The first-order valence-corrected chi connectivity index (χ1v) is 8.46. The van der Waals surface area contributed by atoms with Gasteiger partial charge >= 0.3 is 0 Å². The van der Waals surface area contributed by atoms with E-state index in [0.717, 1.165) is 44.7 Å². The van der Waals surface area contributed by atoms with Gasteiger partial charge in [-0.05, 0) is 25.8 Å². The normalized spacial score (nSPS) is 21.7. The van der Waals surface area contributed by atoms with Gasteiger partial charge in [0.1, 0.15) is 5.82 Å². The number of ether oxygens (including phenoxy) is 1.